The molecule has 0 bridgehead atoms. The van der Waals surface area contributed by atoms with E-state index in [4.69, 9.17) is 10.5 Å². The molecule has 1 aromatic heterocycles. The molecule has 0 spiro atoms. The van der Waals surface area contributed by atoms with Crippen molar-refractivity contribution in [2.24, 2.45) is 5.73 Å². The minimum atomic E-state index is 0.352. The van der Waals surface area contributed by atoms with E-state index in [0.717, 1.165) is 32.7 Å². The summed E-state index contributed by atoms with van der Waals surface area (Å²) in [5, 5.41) is 0. The van der Waals surface area contributed by atoms with Crippen LogP contribution in [0.4, 0.5) is 0 Å². The molecule has 2 heterocycles. The third kappa shape index (κ3) is 3.52. The van der Waals surface area contributed by atoms with Gasteiger partial charge in [-0.3, -0.25) is 4.90 Å². The van der Waals surface area contributed by atoms with E-state index >= 15 is 0 Å². The van der Waals surface area contributed by atoms with Gasteiger partial charge in [0, 0.05) is 42.5 Å². The second-order valence-corrected chi connectivity index (χ2v) is 6.11. The Bertz CT molecular complexity index is 364. The van der Waals surface area contributed by atoms with E-state index < -0.39 is 0 Å². The second-order valence-electron chi connectivity index (χ2n) is 4.77. The van der Waals surface area contributed by atoms with E-state index in [0.29, 0.717) is 12.6 Å². The first-order valence-corrected chi connectivity index (χ1v) is 7.13. The highest BCUT2D eigenvalue weighted by atomic mass is 32.1. The molecule has 0 aromatic carbocycles. The minimum absolute atomic E-state index is 0.352. The maximum Gasteiger partial charge on any atom is 0.0674 e. The van der Waals surface area contributed by atoms with Crippen molar-refractivity contribution in [2.75, 3.05) is 19.7 Å². The first-order valence-electron chi connectivity index (χ1n) is 6.31. The van der Waals surface area contributed by atoms with E-state index in [2.05, 4.69) is 24.8 Å². The van der Waals surface area contributed by atoms with Crippen molar-refractivity contribution in [1.29, 1.82) is 0 Å². The molecule has 4 heteroatoms. The second kappa shape index (κ2) is 5.96. The van der Waals surface area contributed by atoms with Gasteiger partial charge in [-0.1, -0.05) is 0 Å². The zero-order chi connectivity index (χ0) is 12.3. The summed E-state index contributed by atoms with van der Waals surface area (Å²) in [6.07, 6.45) is 1.49. The van der Waals surface area contributed by atoms with Crippen molar-refractivity contribution in [3.63, 3.8) is 0 Å². The number of nitrogens with two attached hydrogens (primary N) is 1. The summed E-state index contributed by atoms with van der Waals surface area (Å²) in [4.78, 5) is 5.19. The van der Waals surface area contributed by atoms with Gasteiger partial charge in [0.1, 0.15) is 0 Å². The maximum absolute atomic E-state index is 5.69. The number of ether oxygens (including phenoxy) is 1. The number of nitrogens with zero attached hydrogens (tertiary/aromatic N) is 1. The van der Waals surface area contributed by atoms with Gasteiger partial charge in [0.15, 0.2) is 0 Å². The average Bonchev–Trinajstić information content (AvgIpc) is 2.52. The van der Waals surface area contributed by atoms with E-state index in [1.165, 1.54) is 15.3 Å². The van der Waals surface area contributed by atoms with Gasteiger partial charge in [-0.25, -0.2) is 0 Å². The number of hydrogen-bond donors (Lipinski definition) is 1. The van der Waals surface area contributed by atoms with Crippen LogP contribution in [0.15, 0.2) is 6.07 Å². The van der Waals surface area contributed by atoms with Gasteiger partial charge in [0.05, 0.1) is 6.10 Å². The Labute approximate surface area is 108 Å². The Morgan fingerprint density at radius 3 is 3.12 bits per heavy atom. The molecular formula is C13H22N2OS. The molecule has 17 heavy (non-hydrogen) atoms. The molecule has 2 N–H and O–H groups in total. The Morgan fingerprint density at radius 2 is 2.41 bits per heavy atom. The summed E-state index contributed by atoms with van der Waals surface area (Å²) in [6.45, 7) is 9.11. The van der Waals surface area contributed by atoms with Crippen molar-refractivity contribution in [3.05, 3.63) is 21.4 Å². The highest BCUT2D eigenvalue weighted by Crippen LogP contribution is 2.23. The standard InChI is InChI=1S/C13H22N2OS/c1-10-8-15(4-3-5-16-10)9-12-6-13(7-14)17-11(12)2/h6,10H,3-5,7-9,14H2,1-2H3. The monoisotopic (exact) mass is 254 g/mol. The summed E-state index contributed by atoms with van der Waals surface area (Å²) in [7, 11) is 0. The zero-order valence-electron chi connectivity index (χ0n) is 10.7. The molecule has 0 aliphatic carbocycles. The van der Waals surface area contributed by atoms with Crippen LogP contribution in [0.5, 0.6) is 0 Å². The molecule has 1 aliphatic heterocycles. The van der Waals surface area contributed by atoms with E-state index in [9.17, 15) is 0 Å². The molecular weight excluding hydrogens is 232 g/mol. The average molecular weight is 254 g/mol. The molecule has 1 aromatic rings. The SMILES string of the molecule is Cc1sc(CN)cc1CN1CCCOC(C)C1. The molecule has 0 radical (unpaired) electrons. The third-order valence-corrected chi connectivity index (χ3v) is 4.32. The summed E-state index contributed by atoms with van der Waals surface area (Å²) in [6, 6.07) is 2.26. The lowest BCUT2D eigenvalue weighted by Gasteiger charge is -2.21. The lowest BCUT2D eigenvalue weighted by molar-refractivity contribution is 0.0668. The molecule has 3 nitrogen and oxygen atoms in total. The van der Waals surface area contributed by atoms with E-state index in [1.54, 1.807) is 0 Å². The highest BCUT2D eigenvalue weighted by molar-refractivity contribution is 7.12. The number of hydrogen-bond acceptors (Lipinski definition) is 4. The third-order valence-electron chi connectivity index (χ3n) is 3.20. The minimum Gasteiger partial charge on any atom is -0.377 e. The molecule has 1 aliphatic rings. The first-order chi connectivity index (χ1) is 8.19. The van der Waals surface area contributed by atoms with Gasteiger partial charge in [-0.2, -0.15) is 0 Å². The predicted molar refractivity (Wildman–Crippen MR) is 72.3 cm³/mol. The fraction of sp³-hybridized carbons (Fsp3) is 0.692. The normalized spacial score (nSPS) is 22.6. The fourth-order valence-electron chi connectivity index (χ4n) is 2.31. The van der Waals surface area contributed by atoms with Gasteiger partial charge in [-0.05, 0) is 31.9 Å². The largest absolute Gasteiger partial charge is 0.377 e. The summed E-state index contributed by atoms with van der Waals surface area (Å²) in [5.74, 6) is 0. The Morgan fingerprint density at radius 1 is 1.59 bits per heavy atom. The zero-order valence-corrected chi connectivity index (χ0v) is 11.6. The molecule has 1 saturated heterocycles. The summed E-state index contributed by atoms with van der Waals surface area (Å²) < 4.78 is 5.67. The van der Waals surface area contributed by atoms with E-state index in [-0.39, 0.29) is 0 Å². The van der Waals surface area contributed by atoms with Crippen LogP contribution in [0.1, 0.15) is 28.7 Å². The van der Waals surface area contributed by atoms with Gasteiger partial charge in [0.25, 0.3) is 0 Å². The van der Waals surface area contributed by atoms with Crippen LogP contribution in [0.2, 0.25) is 0 Å². The maximum atomic E-state index is 5.69. The highest BCUT2D eigenvalue weighted by Gasteiger charge is 2.16. The summed E-state index contributed by atoms with van der Waals surface area (Å²) in [5.41, 5.74) is 7.12. The van der Waals surface area contributed by atoms with Crippen LogP contribution in [-0.4, -0.2) is 30.7 Å². The quantitative estimate of drug-likeness (QED) is 0.898. The van der Waals surface area contributed by atoms with Crippen molar-refractivity contribution >= 4 is 11.3 Å². The van der Waals surface area contributed by atoms with Crippen LogP contribution in [0.3, 0.4) is 0 Å². The van der Waals surface area contributed by atoms with Crippen LogP contribution in [-0.2, 0) is 17.8 Å². The molecule has 2 rings (SSSR count). The van der Waals surface area contributed by atoms with Crippen molar-refractivity contribution in [2.45, 2.75) is 39.5 Å². The molecule has 0 amide bonds. The predicted octanol–water partition coefficient (Wildman–Crippen LogP) is 2.13. The van der Waals surface area contributed by atoms with Gasteiger partial charge in [0.2, 0.25) is 0 Å². The molecule has 1 atom stereocenters. The Hall–Kier alpha value is -0.420. The lowest BCUT2D eigenvalue weighted by atomic mass is 10.2. The molecule has 1 fully saturated rings. The lowest BCUT2D eigenvalue weighted by Crippen LogP contribution is -2.29. The molecule has 96 valence electrons. The smallest absolute Gasteiger partial charge is 0.0674 e. The molecule has 1 unspecified atom stereocenters. The fourth-order valence-corrected chi connectivity index (χ4v) is 3.24. The van der Waals surface area contributed by atoms with Gasteiger partial charge in [-0.15, -0.1) is 11.3 Å². The first kappa shape index (κ1) is 13.0. The summed E-state index contributed by atoms with van der Waals surface area (Å²) >= 11 is 1.83. The topological polar surface area (TPSA) is 38.5 Å². The van der Waals surface area contributed by atoms with Crippen LogP contribution in [0, 0.1) is 6.92 Å². The van der Waals surface area contributed by atoms with E-state index in [1.807, 2.05) is 11.3 Å². The van der Waals surface area contributed by atoms with Crippen LogP contribution in [0.25, 0.3) is 0 Å². The Balaban J connectivity index is 2.00. The van der Waals surface area contributed by atoms with Gasteiger partial charge >= 0.3 is 0 Å². The van der Waals surface area contributed by atoms with Crippen molar-refractivity contribution < 1.29 is 4.74 Å². The number of aryl methyl sites for hydroxylation is 1. The number of thiophene rings is 1. The van der Waals surface area contributed by atoms with Crippen molar-refractivity contribution in [3.8, 4) is 0 Å². The van der Waals surface area contributed by atoms with Gasteiger partial charge < -0.3 is 10.5 Å². The molecule has 0 saturated carbocycles. The Kier molecular flexibility index (Phi) is 4.56. The van der Waals surface area contributed by atoms with Crippen LogP contribution < -0.4 is 5.73 Å². The number of rotatable bonds is 3. The van der Waals surface area contributed by atoms with Crippen molar-refractivity contribution in [1.82, 2.24) is 4.90 Å². The van der Waals surface area contributed by atoms with Crippen LogP contribution >= 0.6 is 11.3 Å².